The summed E-state index contributed by atoms with van der Waals surface area (Å²) in [4.78, 5) is 14.7. The Balaban J connectivity index is 2.15. The minimum absolute atomic E-state index is 0.136. The molecular formula is C19H27BN2O3. The number of hydrogen-bond acceptors (Lipinski definition) is 3. The number of hydrogen-bond donors (Lipinski definition) is 4. The summed E-state index contributed by atoms with van der Waals surface area (Å²) in [7, 11) is -0.668. The van der Waals surface area contributed by atoms with Gasteiger partial charge in [-0.1, -0.05) is 50.1 Å². The Morgan fingerprint density at radius 1 is 1.36 bits per heavy atom. The van der Waals surface area contributed by atoms with Crippen LogP contribution in [0.15, 0.2) is 42.6 Å². The number of benzene rings is 1. The van der Waals surface area contributed by atoms with Gasteiger partial charge in [0.25, 0.3) is 0 Å². The molecule has 1 heterocycles. The zero-order valence-corrected chi connectivity index (χ0v) is 14.9. The van der Waals surface area contributed by atoms with Crippen LogP contribution in [0.25, 0.3) is 10.9 Å². The number of carbonyl (C=O) groups is 1. The summed E-state index contributed by atoms with van der Waals surface area (Å²) in [6.07, 6.45) is 8.78. The molecule has 4 N–H and O–H groups in total. The van der Waals surface area contributed by atoms with Crippen LogP contribution in [-0.2, 0) is 11.2 Å². The smallest absolute Gasteiger partial charge is 0.374 e. The highest BCUT2D eigenvalue weighted by atomic mass is 16.4. The van der Waals surface area contributed by atoms with Crippen molar-refractivity contribution in [1.82, 2.24) is 10.2 Å². The second-order valence-electron chi connectivity index (χ2n) is 6.48. The van der Waals surface area contributed by atoms with Gasteiger partial charge in [0.1, 0.15) is 0 Å². The monoisotopic (exact) mass is 342 g/mol. The first kappa shape index (κ1) is 19.3. The van der Waals surface area contributed by atoms with Gasteiger partial charge < -0.3 is 20.3 Å². The van der Waals surface area contributed by atoms with Gasteiger partial charge in [0.05, 0.1) is 5.92 Å². The fourth-order valence-electron chi connectivity index (χ4n) is 3.02. The minimum atomic E-state index is -0.799. The molecule has 2 aromatic rings. The van der Waals surface area contributed by atoms with Crippen LogP contribution < -0.4 is 5.23 Å². The van der Waals surface area contributed by atoms with Crippen LogP contribution in [0.2, 0.25) is 6.82 Å². The summed E-state index contributed by atoms with van der Waals surface area (Å²) in [6, 6.07) is 7.93. The first-order valence-corrected chi connectivity index (χ1v) is 8.91. The fraction of sp³-hybridized carbons (Fsp3) is 0.421. The van der Waals surface area contributed by atoms with E-state index in [-0.39, 0.29) is 6.04 Å². The number of carboxylic acid groups (broad SMARTS) is 1. The summed E-state index contributed by atoms with van der Waals surface area (Å²) in [6.45, 7) is 3.72. The van der Waals surface area contributed by atoms with Gasteiger partial charge in [-0.3, -0.25) is 4.79 Å². The lowest BCUT2D eigenvalue weighted by Crippen LogP contribution is -2.40. The van der Waals surface area contributed by atoms with Crippen LogP contribution in [0.4, 0.5) is 0 Å². The molecule has 0 fully saturated rings. The Bertz CT molecular complexity index is 712. The Kier molecular flexibility index (Phi) is 7.28. The van der Waals surface area contributed by atoms with E-state index in [1.165, 1.54) is 0 Å². The minimum Gasteiger partial charge on any atom is -0.481 e. The van der Waals surface area contributed by atoms with Gasteiger partial charge in [-0.05, 0) is 31.3 Å². The molecule has 2 atom stereocenters. The molecule has 6 heteroatoms. The highest BCUT2D eigenvalue weighted by Crippen LogP contribution is 2.20. The van der Waals surface area contributed by atoms with Crippen molar-refractivity contribution in [3.8, 4) is 0 Å². The molecule has 0 aliphatic carbocycles. The molecule has 1 aromatic heterocycles. The van der Waals surface area contributed by atoms with Crippen LogP contribution in [0.5, 0.6) is 0 Å². The predicted molar refractivity (Wildman–Crippen MR) is 103 cm³/mol. The quantitative estimate of drug-likeness (QED) is 0.394. The van der Waals surface area contributed by atoms with E-state index in [9.17, 15) is 14.9 Å². The van der Waals surface area contributed by atoms with Crippen molar-refractivity contribution in [1.29, 1.82) is 0 Å². The number of para-hydroxylation sites is 1. The molecular weight excluding hydrogens is 315 g/mol. The van der Waals surface area contributed by atoms with Gasteiger partial charge in [0, 0.05) is 23.1 Å². The van der Waals surface area contributed by atoms with E-state index < -0.39 is 18.9 Å². The van der Waals surface area contributed by atoms with E-state index >= 15 is 0 Å². The maximum absolute atomic E-state index is 11.4. The van der Waals surface area contributed by atoms with Crippen LogP contribution in [0.1, 0.15) is 31.7 Å². The normalized spacial score (nSPS) is 14.0. The average Bonchev–Trinajstić information content (AvgIpc) is 2.97. The SMILES string of the molecule is CCCCC(C=CC(Cc1c[nH]c2ccccc12)NB(C)O)C(=O)O. The number of carboxylic acids is 1. The van der Waals surface area contributed by atoms with Crippen LogP contribution in [-0.4, -0.2) is 34.2 Å². The second kappa shape index (κ2) is 9.44. The maximum atomic E-state index is 11.4. The van der Waals surface area contributed by atoms with Crippen molar-refractivity contribution in [2.45, 2.75) is 45.5 Å². The molecule has 5 nitrogen and oxygen atoms in total. The first-order chi connectivity index (χ1) is 12.0. The van der Waals surface area contributed by atoms with Gasteiger partial charge in [-0.15, -0.1) is 0 Å². The molecule has 0 saturated carbocycles. The number of rotatable bonds is 10. The summed E-state index contributed by atoms with van der Waals surface area (Å²) >= 11 is 0. The Morgan fingerprint density at radius 3 is 2.80 bits per heavy atom. The third-order valence-corrected chi connectivity index (χ3v) is 4.33. The van der Waals surface area contributed by atoms with Crippen molar-refractivity contribution in [2.75, 3.05) is 0 Å². The van der Waals surface area contributed by atoms with Crippen molar-refractivity contribution in [2.24, 2.45) is 5.92 Å². The summed E-state index contributed by atoms with van der Waals surface area (Å²) in [5, 5.41) is 23.3. The fourth-order valence-corrected chi connectivity index (χ4v) is 3.02. The molecule has 2 unspecified atom stereocenters. The van der Waals surface area contributed by atoms with Gasteiger partial charge in [-0.2, -0.15) is 0 Å². The molecule has 2 rings (SSSR count). The third kappa shape index (κ3) is 5.76. The summed E-state index contributed by atoms with van der Waals surface area (Å²) in [5.74, 6) is -1.28. The number of aromatic nitrogens is 1. The highest BCUT2D eigenvalue weighted by molar-refractivity contribution is 6.45. The Hall–Kier alpha value is -2.05. The van der Waals surface area contributed by atoms with Crippen LogP contribution >= 0.6 is 0 Å². The maximum Gasteiger partial charge on any atom is 0.374 e. The second-order valence-corrected chi connectivity index (χ2v) is 6.48. The average molecular weight is 342 g/mol. The van der Waals surface area contributed by atoms with Gasteiger partial charge in [0.2, 0.25) is 0 Å². The molecule has 0 aliphatic rings. The lowest BCUT2D eigenvalue weighted by Gasteiger charge is -2.16. The first-order valence-electron chi connectivity index (χ1n) is 8.91. The number of H-pyrrole nitrogens is 1. The van der Waals surface area contributed by atoms with Crippen molar-refractivity contribution < 1.29 is 14.9 Å². The standard InChI is InChI=1S/C19H27BN2O3/c1-3-4-7-14(19(23)24)10-11-16(22-20(2)25)12-15-13-21-18-9-6-5-8-17(15)18/h5-6,8-11,13-14,16,21-22,25H,3-4,7,12H2,1-2H3,(H,23,24). The molecule has 134 valence electrons. The lowest BCUT2D eigenvalue weighted by atomic mass is 9.85. The molecule has 0 aliphatic heterocycles. The third-order valence-electron chi connectivity index (χ3n) is 4.33. The van der Waals surface area contributed by atoms with Gasteiger partial charge in [-0.25, -0.2) is 0 Å². The zero-order valence-electron chi connectivity index (χ0n) is 14.9. The molecule has 0 radical (unpaired) electrons. The molecule has 0 amide bonds. The number of unbranched alkanes of at least 4 members (excludes halogenated alkanes) is 1. The molecule has 0 spiro atoms. The van der Waals surface area contributed by atoms with Crippen LogP contribution in [0.3, 0.4) is 0 Å². The van der Waals surface area contributed by atoms with Crippen molar-refractivity contribution >= 4 is 23.9 Å². The van der Waals surface area contributed by atoms with Crippen molar-refractivity contribution in [3.63, 3.8) is 0 Å². The molecule has 0 saturated heterocycles. The van der Waals surface area contributed by atoms with E-state index in [0.717, 1.165) is 29.3 Å². The van der Waals surface area contributed by atoms with E-state index in [4.69, 9.17) is 0 Å². The van der Waals surface area contributed by atoms with E-state index in [2.05, 4.69) is 23.2 Å². The van der Waals surface area contributed by atoms with E-state index in [0.29, 0.717) is 12.8 Å². The number of aliphatic carboxylic acids is 1. The number of aromatic amines is 1. The Labute approximate surface area is 149 Å². The van der Waals surface area contributed by atoms with Crippen molar-refractivity contribution in [3.05, 3.63) is 48.2 Å². The lowest BCUT2D eigenvalue weighted by molar-refractivity contribution is -0.140. The molecule has 1 aromatic carbocycles. The highest BCUT2D eigenvalue weighted by Gasteiger charge is 2.17. The largest absolute Gasteiger partial charge is 0.481 e. The van der Waals surface area contributed by atoms with E-state index in [1.807, 2.05) is 30.5 Å². The summed E-state index contributed by atoms with van der Waals surface area (Å²) < 4.78 is 0. The topological polar surface area (TPSA) is 85.4 Å². The Morgan fingerprint density at radius 2 is 2.12 bits per heavy atom. The molecule has 25 heavy (non-hydrogen) atoms. The number of fused-ring (bicyclic) bond motifs is 1. The predicted octanol–water partition coefficient (Wildman–Crippen LogP) is 3.23. The zero-order chi connectivity index (χ0) is 18.2. The van der Waals surface area contributed by atoms with Crippen LogP contribution in [0, 0.1) is 5.92 Å². The summed E-state index contributed by atoms with van der Waals surface area (Å²) in [5.41, 5.74) is 2.21. The van der Waals surface area contributed by atoms with Gasteiger partial charge in [0.15, 0.2) is 0 Å². The van der Waals surface area contributed by atoms with E-state index in [1.54, 1.807) is 12.9 Å². The van der Waals surface area contributed by atoms with Gasteiger partial charge >= 0.3 is 13.0 Å². The molecule has 0 bridgehead atoms. The number of nitrogens with one attached hydrogen (secondary N) is 2.